The molecule has 7 nitrogen and oxygen atoms in total. The molecule has 2 rings (SSSR count). The first kappa shape index (κ1) is 15.1. The molecule has 7 heteroatoms. The predicted molar refractivity (Wildman–Crippen MR) is 79.4 cm³/mol. The summed E-state index contributed by atoms with van der Waals surface area (Å²) >= 11 is 0. The number of phenolic OH excluding ortho intramolecular Hbond substituents is 1. The van der Waals surface area contributed by atoms with E-state index in [4.69, 9.17) is 0 Å². The molecular weight excluding hydrogens is 272 g/mol. The van der Waals surface area contributed by atoms with Crippen molar-refractivity contribution in [3.05, 3.63) is 24.3 Å². The molecule has 1 aliphatic heterocycles. The molecule has 114 valence electrons. The molecule has 0 spiro atoms. The Morgan fingerprint density at radius 1 is 1.14 bits per heavy atom. The van der Waals surface area contributed by atoms with Crippen molar-refractivity contribution < 1.29 is 14.7 Å². The minimum Gasteiger partial charge on any atom is -0.508 e. The van der Waals surface area contributed by atoms with Crippen LogP contribution in [0.1, 0.15) is 0 Å². The Hall–Kier alpha value is -2.28. The molecule has 0 radical (unpaired) electrons. The van der Waals surface area contributed by atoms with Crippen molar-refractivity contribution >= 4 is 17.6 Å². The van der Waals surface area contributed by atoms with Crippen LogP contribution in [-0.2, 0) is 4.79 Å². The predicted octanol–water partition coefficient (Wildman–Crippen LogP) is -0.0302. The topological polar surface area (TPSA) is 84.9 Å². The summed E-state index contributed by atoms with van der Waals surface area (Å²) in [7, 11) is 1.47. The Morgan fingerprint density at radius 3 is 2.33 bits per heavy atom. The van der Waals surface area contributed by atoms with E-state index in [0.29, 0.717) is 0 Å². The molecule has 21 heavy (non-hydrogen) atoms. The Balaban J connectivity index is 1.79. The number of hydrogen-bond acceptors (Lipinski definition) is 5. The maximum absolute atomic E-state index is 11.6. The van der Waals surface area contributed by atoms with Gasteiger partial charge in [-0.25, -0.2) is 4.79 Å². The fraction of sp³-hybridized carbons (Fsp3) is 0.429. The van der Waals surface area contributed by atoms with Crippen molar-refractivity contribution in [1.29, 1.82) is 0 Å². The van der Waals surface area contributed by atoms with Crippen LogP contribution in [0.3, 0.4) is 0 Å². The molecule has 1 heterocycles. The van der Waals surface area contributed by atoms with Crippen LogP contribution in [0.2, 0.25) is 0 Å². The molecule has 1 fully saturated rings. The molecule has 0 unspecified atom stereocenters. The van der Waals surface area contributed by atoms with Crippen molar-refractivity contribution in [3.63, 3.8) is 0 Å². The zero-order valence-corrected chi connectivity index (χ0v) is 12.0. The van der Waals surface area contributed by atoms with Crippen LogP contribution in [0.4, 0.5) is 10.5 Å². The van der Waals surface area contributed by atoms with Gasteiger partial charge >= 0.3 is 6.03 Å². The standard InChI is InChI=1S/C14H20N4O3/c1-15-14(21)16-13(20)10-17-6-8-18(9-7-17)11-2-4-12(19)5-3-11/h2-5,19H,6-10H2,1H3,(H2,15,16,20,21). The number of imide groups is 1. The van der Waals surface area contributed by atoms with Gasteiger partial charge in [0, 0.05) is 38.9 Å². The van der Waals surface area contributed by atoms with E-state index in [1.165, 1.54) is 7.05 Å². The molecule has 1 aromatic rings. The second-order valence-electron chi connectivity index (χ2n) is 4.91. The van der Waals surface area contributed by atoms with E-state index >= 15 is 0 Å². The van der Waals surface area contributed by atoms with Gasteiger partial charge in [-0.2, -0.15) is 0 Å². The van der Waals surface area contributed by atoms with Gasteiger partial charge in [0.2, 0.25) is 5.91 Å². The number of urea groups is 1. The highest BCUT2D eigenvalue weighted by molar-refractivity contribution is 5.95. The van der Waals surface area contributed by atoms with Crippen molar-refractivity contribution in [2.45, 2.75) is 0 Å². The molecule has 1 aliphatic rings. The minimum absolute atomic E-state index is 0.219. The maximum Gasteiger partial charge on any atom is 0.321 e. The highest BCUT2D eigenvalue weighted by Crippen LogP contribution is 2.19. The number of nitrogens with zero attached hydrogens (tertiary/aromatic N) is 2. The molecule has 1 aromatic carbocycles. The summed E-state index contributed by atoms with van der Waals surface area (Å²) in [5.74, 6) is -0.0457. The fourth-order valence-electron chi connectivity index (χ4n) is 2.26. The zero-order chi connectivity index (χ0) is 15.2. The lowest BCUT2D eigenvalue weighted by atomic mass is 10.2. The Labute approximate surface area is 123 Å². The van der Waals surface area contributed by atoms with Crippen molar-refractivity contribution in [1.82, 2.24) is 15.5 Å². The SMILES string of the molecule is CNC(=O)NC(=O)CN1CCN(c2ccc(O)cc2)CC1. The third kappa shape index (κ3) is 4.35. The third-order valence-electron chi connectivity index (χ3n) is 3.43. The number of anilines is 1. The Morgan fingerprint density at radius 2 is 1.76 bits per heavy atom. The van der Waals surface area contributed by atoms with Crippen LogP contribution in [0.25, 0.3) is 0 Å². The highest BCUT2D eigenvalue weighted by Gasteiger charge is 2.19. The Bertz CT molecular complexity index is 495. The third-order valence-corrected chi connectivity index (χ3v) is 3.43. The molecule has 3 N–H and O–H groups in total. The van der Waals surface area contributed by atoms with Gasteiger partial charge in [0.1, 0.15) is 5.75 Å². The van der Waals surface area contributed by atoms with Crippen molar-refractivity contribution in [3.8, 4) is 5.75 Å². The van der Waals surface area contributed by atoms with Crippen molar-refractivity contribution in [2.24, 2.45) is 0 Å². The van der Waals surface area contributed by atoms with E-state index in [0.717, 1.165) is 31.9 Å². The van der Waals surface area contributed by atoms with E-state index in [1.54, 1.807) is 12.1 Å². The van der Waals surface area contributed by atoms with Crippen LogP contribution in [-0.4, -0.2) is 61.7 Å². The number of nitrogens with one attached hydrogen (secondary N) is 2. The minimum atomic E-state index is -0.484. The Kier molecular flexibility index (Phi) is 4.99. The number of benzene rings is 1. The average molecular weight is 292 g/mol. The molecule has 1 saturated heterocycles. The summed E-state index contributed by atoms with van der Waals surface area (Å²) in [5, 5.41) is 13.9. The lowest BCUT2D eigenvalue weighted by Crippen LogP contribution is -2.50. The lowest BCUT2D eigenvalue weighted by Gasteiger charge is -2.35. The molecule has 0 aromatic heterocycles. The summed E-state index contributed by atoms with van der Waals surface area (Å²) in [4.78, 5) is 26.9. The van der Waals surface area contributed by atoms with Gasteiger partial charge in [-0.15, -0.1) is 0 Å². The van der Waals surface area contributed by atoms with E-state index in [1.807, 2.05) is 17.0 Å². The number of carbonyl (C=O) groups excluding carboxylic acids is 2. The van der Waals surface area contributed by atoms with Crippen LogP contribution in [0.5, 0.6) is 5.75 Å². The summed E-state index contributed by atoms with van der Waals surface area (Å²) in [6.45, 7) is 3.33. The normalized spacial score (nSPS) is 15.6. The second kappa shape index (κ2) is 6.94. The fourth-order valence-corrected chi connectivity index (χ4v) is 2.26. The number of hydrogen-bond donors (Lipinski definition) is 3. The first-order chi connectivity index (χ1) is 10.1. The van der Waals surface area contributed by atoms with E-state index in [2.05, 4.69) is 15.5 Å². The molecule has 0 aliphatic carbocycles. The van der Waals surface area contributed by atoms with Crippen molar-refractivity contribution in [2.75, 3.05) is 44.7 Å². The zero-order valence-electron chi connectivity index (χ0n) is 12.0. The van der Waals surface area contributed by atoms with Gasteiger partial charge in [0.25, 0.3) is 0 Å². The summed E-state index contributed by atoms with van der Waals surface area (Å²) in [6, 6.07) is 6.60. The first-order valence-corrected chi connectivity index (χ1v) is 6.86. The molecule has 0 atom stereocenters. The number of phenols is 1. The smallest absolute Gasteiger partial charge is 0.321 e. The van der Waals surface area contributed by atoms with Gasteiger partial charge in [0.05, 0.1) is 6.54 Å². The van der Waals surface area contributed by atoms with E-state index < -0.39 is 6.03 Å². The molecule has 0 bridgehead atoms. The second-order valence-corrected chi connectivity index (χ2v) is 4.91. The van der Waals surface area contributed by atoms with Crippen LogP contribution >= 0.6 is 0 Å². The summed E-state index contributed by atoms with van der Waals surface area (Å²) < 4.78 is 0. The summed E-state index contributed by atoms with van der Waals surface area (Å²) in [6.07, 6.45) is 0. The number of rotatable bonds is 3. The molecule has 0 saturated carbocycles. The lowest BCUT2D eigenvalue weighted by molar-refractivity contribution is -0.121. The largest absolute Gasteiger partial charge is 0.508 e. The first-order valence-electron chi connectivity index (χ1n) is 6.86. The van der Waals surface area contributed by atoms with Gasteiger partial charge in [-0.1, -0.05) is 0 Å². The van der Waals surface area contributed by atoms with E-state index in [9.17, 15) is 14.7 Å². The molecular formula is C14H20N4O3. The van der Waals surface area contributed by atoms with E-state index in [-0.39, 0.29) is 18.2 Å². The van der Waals surface area contributed by atoms with Crippen LogP contribution < -0.4 is 15.5 Å². The summed E-state index contributed by atoms with van der Waals surface area (Å²) in [5.41, 5.74) is 1.06. The van der Waals surface area contributed by atoms with Gasteiger partial charge < -0.3 is 15.3 Å². The quantitative estimate of drug-likeness (QED) is 0.728. The highest BCUT2D eigenvalue weighted by atomic mass is 16.3. The van der Waals surface area contributed by atoms with Gasteiger partial charge in [-0.3, -0.25) is 15.0 Å². The number of carbonyl (C=O) groups is 2. The average Bonchev–Trinajstić information content (AvgIpc) is 2.48. The monoisotopic (exact) mass is 292 g/mol. The molecule has 3 amide bonds. The number of amides is 3. The van der Waals surface area contributed by atoms with Gasteiger partial charge in [-0.05, 0) is 24.3 Å². The van der Waals surface area contributed by atoms with Crippen LogP contribution in [0, 0.1) is 0 Å². The van der Waals surface area contributed by atoms with Gasteiger partial charge in [0.15, 0.2) is 0 Å². The maximum atomic E-state index is 11.6. The number of aromatic hydroxyl groups is 1. The van der Waals surface area contributed by atoms with Crippen LogP contribution in [0.15, 0.2) is 24.3 Å². The number of piperazine rings is 1.